The molecule has 6 nitrogen and oxygen atoms in total. The van der Waals surface area contributed by atoms with Crippen molar-refractivity contribution in [1.29, 1.82) is 0 Å². The van der Waals surface area contributed by atoms with Crippen molar-refractivity contribution in [3.63, 3.8) is 0 Å². The highest BCUT2D eigenvalue weighted by atomic mass is 19.3. The quantitative estimate of drug-likeness (QED) is 0.583. The summed E-state index contributed by atoms with van der Waals surface area (Å²) in [6.07, 6.45) is 3.76. The number of carbonyl (C=O) groups excluding carboxylic acids is 1. The Labute approximate surface area is 166 Å². The van der Waals surface area contributed by atoms with Crippen LogP contribution >= 0.6 is 0 Å². The Balaban J connectivity index is 1.84. The maximum absolute atomic E-state index is 12.6. The molecule has 1 fully saturated rings. The number of rotatable bonds is 5. The number of pyridine rings is 1. The zero-order valence-electron chi connectivity index (χ0n) is 16.1. The molecule has 0 spiro atoms. The number of benzene rings is 1. The summed E-state index contributed by atoms with van der Waals surface area (Å²) in [5.74, 6) is 0.0527. The molecule has 2 aromatic heterocycles. The average molecular weight is 401 g/mol. The molecular formula is C21H21F2N3O3. The van der Waals surface area contributed by atoms with Crippen molar-refractivity contribution in [3.05, 3.63) is 42.1 Å². The lowest BCUT2D eigenvalue weighted by molar-refractivity contribution is -0.0701. The molecule has 1 unspecified atom stereocenters. The Morgan fingerprint density at radius 1 is 1.34 bits per heavy atom. The van der Waals surface area contributed by atoms with Crippen molar-refractivity contribution in [2.75, 3.05) is 6.61 Å². The van der Waals surface area contributed by atoms with Crippen LogP contribution in [0.25, 0.3) is 22.3 Å². The van der Waals surface area contributed by atoms with Crippen LogP contribution < -0.4 is 4.74 Å². The second-order valence-corrected chi connectivity index (χ2v) is 7.71. The smallest absolute Gasteiger partial charge is 0.387 e. The molecule has 4 rings (SSSR count). The molecule has 152 valence electrons. The van der Waals surface area contributed by atoms with Gasteiger partial charge < -0.3 is 9.47 Å². The van der Waals surface area contributed by atoms with Gasteiger partial charge in [-0.2, -0.15) is 13.9 Å². The molecule has 0 radical (unpaired) electrons. The van der Waals surface area contributed by atoms with Crippen molar-refractivity contribution in [3.8, 4) is 17.0 Å². The van der Waals surface area contributed by atoms with Crippen LogP contribution in [0.5, 0.6) is 5.75 Å². The van der Waals surface area contributed by atoms with Crippen molar-refractivity contribution >= 4 is 17.3 Å². The second kappa shape index (κ2) is 7.51. The molecule has 1 saturated heterocycles. The average Bonchev–Trinajstić information content (AvgIpc) is 3.05. The minimum absolute atomic E-state index is 0.0527. The van der Waals surface area contributed by atoms with Gasteiger partial charge in [-0.25, -0.2) is 0 Å². The number of aldehydes is 1. The van der Waals surface area contributed by atoms with Crippen LogP contribution in [0.3, 0.4) is 0 Å². The standard InChI is InChI=1S/C21H21F2N3O3/c1-21(2)10-15(6-7-28-21)26-17-8-13(12-27)11-24-19(17)18(25-26)14-4-3-5-16(9-14)29-20(22)23/h3-5,8-9,11-12,15,20H,6-7,10H2,1-2H3. The lowest BCUT2D eigenvalue weighted by Crippen LogP contribution is -2.35. The third kappa shape index (κ3) is 3.98. The lowest BCUT2D eigenvalue weighted by atomic mass is 9.94. The summed E-state index contributed by atoms with van der Waals surface area (Å²) in [4.78, 5) is 15.7. The highest BCUT2D eigenvalue weighted by molar-refractivity contribution is 5.93. The van der Waals surface area contributed by atoms with Gasteiger partial charge in [-0.05, 0) is 44.9 Å². The summed E-state index contributed by atoms with van der Waals surface area (Å²) in [7, 11) is 0. The summed E-state index contributed by atoms with van der Waals surface area (Å²) in [6.45, 7) is 1.77. The van der Waals surface area contributed by atoms with E-state index in [4.69, 9.17) is 9.84 Å². The largest absolute Gasteiger partial charge is 0.435 e. The van der Waals surface area contributed by atoms with E-state index in [2.05, 4.69) is 9.72 Å². The Hall–Kier alpha value is -2.87. The highest BCUT2D eigenvalue weighted by Crippen LogP contribution is 2.36. The fourth-order valence-corrected chi connectivity index (χ4v) is 3.80. The fraction of sp³-hybridized carbons (Fsp3) is 0.381. The number of hydrogen-bond acceptors (Lipinski definition) is 5. The molecule has 3 heterocycles. The number of fused-ring (bicyclic) bond motifs is 1. The third-order valence-electron chi connectivity index (χ3n) is 5.05. The summed E-state index contributed by atoms with van der Waals surface area (Å²) in [5, 5.41) is 4.78. The SMILES string of the molecule is CC1(C)CC(n2nc(-c3cccc(OC(F)F)c3)c3ncc(C=O)cc32)CCO1. The minimum Gasteiger partial charge on any atom is -0.435 e. The van der Waals surface area contributed by atoms with Gasteiger partial charge in [0.25, 0.3) is 0 Å². The molecule has 0 aliphatic carbocycles. The van der Waals surface area contributed by atoms with E-state index in [0.717, 1.165) is 24.6 Å². The first-order chi connectivity index (χ1) is 13.9. The third-order valence-corrected chi connectivity index (χ3v) is 5.05. The van der Waals surface area contributed by atoms with Gasteiger partial charge in [-0.1, -0.05) is 12.1 Å². The van der Waals surface area contributed by atoms with E-state index in [1.165, 1.54) is 18.3 Å². The van der Waals surface area contributed by atoms with Crippen molar-refractivity contribution in [1.82, 2.24) is 14.8 Å². The molecule has 1 aliphatic heterocycles. The molecule has 0 N–H and O–H groups in total. The van der Waals surface area contributed by atoms with Gasteiger partial charge in [0.05, 0.1) is 17.2 Å². The first kappa shape index (κ1) is 19.4. The van der Waals surface area contributed by atoms with E-state index in [1.54, 1.807) is 18.2 Å². The Bertz CT molecular complexity index is 1050. The highest BCUT2D eigenvalue weighted by Gasteiger charge is 2.32. The van der Waals surface area contributed by atoms with Crippen molar-refractivity contribution in [2.24, 2.45) is 0 Å². The Morgan fingerprint density at radius 3 is 2.90 bits per heavy atom. The minimum atomic E-state index is -2.91. The van der Waals surface area contributed by atoms with E-state index >= 15 is 0 Å². The number of alkyl halides is 2. The van der Waals surface area contributed by atoms with E-state index in [9.17, 15) is 13.6 Å². The van der Waals surface area contributed by atoms with E-state index in [1.807, 2.05) is 18.5 Å². The van der Waals surface area contributed by atoms with Crippen LogP contribution in [0.1, 0.15) is 43.1 Å². The molecule has 8 heteroatoms. The van der Waals surface area contributed by atoms with Gasteiger partial charge in [0, 0.05) is 23.9 Å². The normalized spacial score (nSPS) is 18.9. The topological polar surface area (TPSA) is 66.2 Å². The zero-order valence-corrected chi connectivity index (χ0v) is 16.1. The van der Waals surface area contributed by atoms with Crippen molar-refractivity contribution in [2.45, 2.75) is 44.9 Å². The van der Waals surface area contributed by atoms with Crippen LogP contribution in [0.15, 0.2) is 36.5 Å². The fourth-order valence-electron chi connectivity index (χ4n) is 3.80. The molecule has 0 amide bonds. The number of ether oxygens (including phenoxy) is 2. The molecular weight excluding hydrogens is 380 g/mol. The predicted molar refractivity (Wildman–Crippen MR) is 103 cm³/mol. The number of carbonyl (C=O) groups is 1. The molecule has 29 heavy (non-hydrogen) atoms. The molecule has 3 aromatic rings. The van der Waals surface area contributed by atoms with Crippen LogP contribution in [0.2, 0.25) is 0 Å². The Kier molecular flexibility index (Phi) is 5.04. The number of nitrogens with zero attached hydrogens (tertiary/aromatic N) is 3. The molecule has 1 aromatic carbocycles. The number of hydrogen-bond donors (Lipinski definition) is 0. The molecule has 0 saturated carbocycles. The zero-order chi connectivity index (χ0) is 20.6. The monoisotopic (exact) mass is 401 g/mol. The summed E-state index contributed by atoms with van der Waals surface area (Å²) in [5.41, 5.74) is 2.67. The van der Waals surface area contributed by atoms with E-state index in [0.29, 0.717) is 28.9 Å². The Morgan fingerprint density at radius 2 is 2.17 bits per heavy atom. The second-order valence-electron chi connectivity index (χ2n) is 7.71. The predicted octanol–water partition coefficient (Wildman–Crippen LogP) is 4.64. The van der Waals surface area contributed by atoms with Gasteiger partial charge in [0.1, 0.15) is 17.0 Å². The summed E-state index contributed by atoms with van der Waals surface area (Å²) < 4.78 is 37.4. The van der Waals surface area contributed by atoms with Crippen LogP contribution in [-0.4, -0.2) is 39.9 Å². The van der Waals surface area contributed by atoms with Gasteiger partial charge in [0.15, 0.2) is 6.29 Å². The summed E-state index contributed by atoms with van der Waals surface area (Å²) in [6, 6.07) is 8.21. The summed E-state index contributed by atoms with van der Waals surface area (Å²) >= 11 is 0. The maximum atomic E-state index is 12.6. The van der Waals surface area contributed by atoms with Gasteiger partial charge >= 0.3 is 6.61 Å². The van der Waals surface area contributed by atoms with Crippen molar-refractivity contribution < 1.29 is 23.0 Å². The lowest BCUT2D eigenvalue weighted by Gasteiger charge is -2.35. The van der Waals surface area contributed by atoms with Crippen LogP contribution in [0, 0.1) is 0 Å². The first-order valence-corrected chi connectivity index (χ1v) is 9.39. The van der Waals surface area contributed by atoms with Gasteiger partial charge in [-0.15, -0.1) is 0 Å². The molecule has 0 bridgehead atoms. The maximum Gasteiger partial charge on any atom is 0.387 e. The van der Waals surface area contributed by atoms with Crippen LogP contribution in [-0.2, 0) is 4.74 Å². The van der Waals surface area contributed by atoms with Gasteiger partial charge in [-0.3, -0.25) is 14.5 Å². The molecule has 1 aliphatic rings. The number of halogens is 2. The van der Waals surface area contributed by atoms with E-state index < -0.39 is 6.61 Å². The number of aromatic nitrogens is 3. The van der Waals surface area contributed by atoms with E-state index in [-0.39, 0.29) is 17.4 Å². The van der Waals surface area contributed by atoms with Gasteiger partial charge in [0.2, 0.25) is 0 Å². The van der Waals surface area contributed by atoms with Crippen LogP contribution in [0.4, 0.5) is 8.78 Å². The molecule has 1 atom stereocenters. The first-order valence-electron chi connectivity index (χ1n) is 9.39.